The van der Waals surface area contributed by atoms with Gasteiger partial charge >= 0.3 is 0 Å². The zero-order chi connectivity index (χ0) is 12.5. The summed E-state index contributed by atoms with van der Waals surface area (Å²) in [5.74, 6) is 0. The lowest BCUT2D eigenvalue weighted by molar-refractivity contribution is -0.367. The van der Waals surface area contributed by atoms with E-state index in [0.717, 1.165) is 0 Å². The average molecular weight is 260 g/mol. The first kappa shape index (κ1) is 13.9. The maximum Gasteiger partial charge on any atom is 0.191 e. The largest absolute Gasteiger partial charge is 0.790 e. The van der Waals surface area contributed by atoms with E-state index < -0.39 is 45.2 Å². The third-order valence-corrected chi connectivity index (χ3v) is 2.50. The van der Waals surface area contributed by atoms with Crippen molar-refractivity contribution in [3.05, 3.63) is 0 Å². The Labute approximate surface area is 89.5 Å². The summed E-state index contributed by atoms with van der Waals surface area (Å²) in [6.45, 7) is -0.868. The van der Waals surface area contributed by atoms with Crippen LogP contribution in [0.5, 0.6) is 0 Å². The maximum atomic E-state index is 13.1. The maximum absolute atomic E-state index is 13.1. The third kappa shape index (κ3) is 3.19. The number of halogens is 1. The van der Waals surface area contributed by atoms with Crippen LogP contribution in [0.25, 0.3) is 0 Å². The second-order valence-corrected chi connectivity index (χ2v) is 4.31. The quantitative estimate of drug-likeness (QED) is 0.446. The van der Waals surface area contributed by atoms with Crippen molar-refractivity contribution < 1.29 is 43.3 Å². The molecule has 96 valence electrons. The summed E-state index contributed by atoms with van der Waals surface area (Å²) in [5, 5.41) is 26.9. The zero-order valence-electron chi connectivity index (χ0n) is 7.80. The van der Waals surface area contributed by atoms with Crippen LogP contribution >= 0.6 is 7.82 Å². The first-order valence-electron chi connectivity index (χ1n) is 4.23. The molecule has 0 saturated carbocycles. The Morgan fingerprint density at radius 1 is 1.38 bits per heavy atom. The number of aliphatic hydroxyl groups is 3. The van der Waals surface area contributed by atoms with Crippen molar-refractivity contribution >= 4 is 7.82 Å². The molecule has 0 amide bonds. The fourth-order valence-electron chi connectivity index (χ4n) is 1.26. The van der Waals surface area contributed by atoms with Crippen molar-refractivity contribution in [1.82, 2.24) is 0 Å². The lowest BCUT2D eigenvalue weighted by Crippen LogP contribution is -2.57. The summed E-state index contributed by atoms with van der Waals surface area (Å²) >= 11 is 0. The van der Waals surface area contributed by atoms with Gasteiger partial charge in [-0.2, -0.15) is 0 Å². The Balaban J connectivity index is 2.75. The Morgan fingerprint density at radius 2 is 1.94 bits per heavy atom. The van der Waals surface area contributed by atoms with Crippen molar-refractivity contribution in [1.29, 1.82) is 0 Å². The standard InChI is InChI=1S/C6H12FO8P/c7-3-2(1-8)14-6(5(10)4(3)9)15-16(11,12)13/h2-6,8-10H,1H2,(H2,11,12,13)/p-2/t2-,3+,4+,5-,6-/m1/s1. The monoisotopic (exact) mass is 260 g/mol. The molecule has 0 bridgehead atoms. The van der Waals surface area contributed by atoms with Crippen LogP contribution in [-0.2, 0) is 13.8 Å². The summed E-state index contributed by atoms with van der Waals surface area (Å²) in [6.07, 6.45) is -9.76. The van der Waals surface area contributed by atoms with E-state index in [0.29, 0.717) is 0 Å². The molecule has 0 aliphatic carbocycles. The molecule has 0 spiro atoms. The minimum absolute atomic E-state index is 0.868. The molecule has 1 rings (SSSR count). The van der Waals surface area contributed by atoms with Crippen LogP contribution in [-0.4, -0.2) is 52.7 Å². The molecule has 8 nitrogen and oxygen atoms in total. The summed E-state index contributed by atoms with van der Waals surface area (Å²) in [4.78, 5) is 20.5. The number of rotatable bonds is 3. The number of hydrogen-bond donors (Lipinski definition) is 3. The first-order valence-corrected chi connectivity index (χ1v) is 5.69. The molecule has 3 N–H and O–H groups in total. The molecule has 1 saturated heterocycles. The molecular weight excluding hydrogens is 250 g/mol. The molecule has 16 heavy (non-hydrogen) atoms. The number of alkyl halides is 1. The number of aliphatic hydroxyl groups excluding tert-OH is 3. The molecule has 1 aliphatic rings. The van der Waals surface area contributed by atoms with Crippen LogP contribution in [0.3, 0.4) is 0 Å². The van der Waals surface area contributed by atoms with Gasteiger partial charge in [0.05, 0.1) is 14.4 Å². The fourth-order valence-corrected chi connectivity index (χ4v) is 1.68. The molecule has 10 heteroatoms. The Bertz CT molecular complexity index is 280. The lowest BCUT2D eigenvalue weighted by Gasteiger charge is -2.42. The van der Waals surface area contributed by atoms with E-state index in [1.807, 2.05) is 0 Å². The Hall–Kier alpha value is -0.120. The minimum Gasteiger partial charge on any atom is -0.790 e. The van der Waals surface area contributed by atoms with Crippen LogP contribution in [0.2, 0.25) is 0 Å². The molecule has 1 fully saturated rings. The van der Waals surface area contributed by atoms with E-state index in [-0.39, 0.29) is 0 Å². The van der Waals surface area contributed by atoms with Gasteiger partial charge in [0.25, 0.3) is 0 Å². The van der Waals surface area contributed by atoms with Crippen molar-refractivity contribution in [3.63, 3.8) is 0 Å². The molecule has 1 aliphatic heterocycles. The number of phosphoric ester groups is 1. The minimum atomic E-state index is -5.45. The van der Waals surface area contributed by atoms with Crippen LogP contribution < -0.4 is 9.79 Å². The second kappa shape index (κ2) is 5.03. The highest BCUT2D eigenvalue weighted by Gasteiger charge is 2.45. The van der Waals surface area contributed by atoms with Gasteiger partial charge in [0.15, 0.2) is 12.5 Å². The molecule has 0 aromatic carbocycles. The summed E-state index contributed by atoms with van der Waals surface area (Å²) in [6, 6.07) is 0. The van der Waals surface area contributed by atoms with E-state index >= 15 is 0 Å². The molecule has 1 heterocycles. The SMILES string of the molecule is O=P([O-])([O-])O[C@H]1O[C@H](CO)[C@H](F)[C@H](O)[C@H]1O. The van der Waals surface area contributed by atoms with Crippen molar-refractivity contribution in [2.24, 2.45) is 0 Å². The van der Waals surface area contributed by atoms with Gasteiger partial charge in [-0.05, 0) is 0 Å². The predicted molar refractivity (Wildman–Crippen MR) is 41.3 cm³/mol. The van der Waals surface area contributed by atoms with Gasteiger partial charge in [0.1, 0.15) is 18.3 Å². The Morgan fingerprint density at radius 3 is 2.38 bits per heavy atom. The van der Waals surface area contributed by atoms with E-state index in [2.05, 4.69) is 9.26 Å². The highest BCUT2D eigenvalue weighted by molar-refractivity contribution is 7.43. The van der Waals surface area contributed by atoms with E-state index in [1.165, 1.54) is 0 Å². The van der Waals surface area contributed by atoms with Gasteiger partial charge in [-0.15, -0.1) is 0 Å². The third-order valence-electron chi connectivity index (χ3n) is 2.03. The molecule has 0 aromatic heterocycles. The van der Waals surface area contributed by atoms with Crippen molar-refractivity contribution in [3.8, 4) is 0 Å². The van der Waals surface area contributed by atoms with Crippen LogP contribution in [0.15, 0.2) is 0 Å². The first-order chi connectivity index (χ1) is 7.26. The van der Waals surface area contributed by atoms with Crippen LogP contribution in [0.1, 0.15) is 0 Å². The normalized spacial score (nSPS) is 41.0. The van der Waals surface area contributed by atoms with Gasteiger partial charge < -0.3 is 38.9 Å². The number of phosphoric acid groups is 1. The van der Waals surface area contributed by atoms with E-state index in [9.17, 15) is 18.7 Å². The molecular formula is C6H10FO8P-2. The predicted octanol–water partition coefficient (Wildman–Crippen LogP) is -3.39. The number of ether oxygens (including phenoxy) is 1. The average Bonchev–Trinajstić information content (AvgIpc) is 2.17. The van der Waals surface area contributed by atoms with Gasteiger partial charge in [-0.25, -0.2) is 4.39 Å². The van der Waals surface area contributed by atoms with Gasteiger partial charge in [-0.3, -0.25) is 0 Å². The number of hydrogen-bond acceptors (Lipinski definition) is 8. The molecule has 0 radical (unpaired) electrons. The summed E-state index contributed by atoms with van der Waals surface area (Å²) < 4.78 is 31.6. The van der Waals surface area contributed by atoms with E-state index in [4.69, 9.17) is 15.3 Å². The van der Waals surface area contributed by atoms with E-state index in [1.54, 1.807) is 0 Å². The lowest BCUT2D eigenvalue weighted by atomic mass is 10.0. The summed E-state index contributed by atoms with van der Waals surface area (Å²) in [7, 11) is -5.45. The molecule has 5 atom stereocenters. The van der Waals surface area contributed by atoms with Crippen molar-refractivity contribution in [2.45, 2.75) is 30.8 Å². The summed E-state index contributed by atoms with van der Waals surface area (Å²) in [5.41, 5.74) is 0. The topological polar surface area (TPSA) is 142 Å². The van der Waals surface area contributed by atoms with Crippen LogP contribution in [0.4, 0.5) is 4.39 Å². The fraction of sp³-hybridized carbons (Fsp3) is 1.00. The zero-order valence-corrected chi connectivity index (χ0v) is 8.70. The molecule has 0 aromatic rings. The van der Waals surface area contributed by atoms with Crippen molar-refractivity contribution in [2.75, 3.05) is 6.61 Å². The molecule has 0 unspecified atom stereocenters. The van der Waals surface area contributed by atoms with Gasteiger partial charge in [0.2, 0.25) is 0 Å². The van der Waals surface area contributed by atoms with Gasteiger partial charge in [-0.1, -0.05) is 0 Å². The smallest absolute Gasteiger partial charge is 0.191 e. The van der Waals surface area contributed by atoms with Crippen LogP contribution in [0, 0.1) is 0 Å². The van der Waals surface area contributed by atoms with Gasteiger partial charge in [0, 0.05) is 0 Å². The highest BCUT2D eigenvalue weighted by Crippen LogP contribution is 2.33. The highest BCUT2D eigenvalue weighted by atomic mass is 31.2. The Kier molecular flexibility index (Phi) is 4.38. The second-order valence-electron chi connectivity index (χ2n) is 3.20.